The third-order valence-electron chi connectivity index (χ3n) is 10.1. The molecule has 4 aromatic rings. The van der Waals surface area contributed by atoms with Crippen LogP contribution in [0.4, 0.5) is 30.8 Å². The molecule has 0 saturated heterocycles. The average Bonchev–Trinajstić information content (AvgIpc) is 4.11. The highest BCUT2D eigenvalue weighted by atomic mass is 35.5. The topological polar surface area (TPSA) is 191 Å². The maximum Gasteiger partial charge on any atom is 0.422 e. The van der Waals surface area contributed by atoms with E-state index in [1.165, 1.54) is 24.3 Å². The Hall–Kier alpha value is -5.78. The van der Waals surface area contributed by atoms with Crippen LogP contribution in [0.25, 0.3) is 0 Å². The number of nitrogens with one attached hydrogen (secondary N) is 4. The summed E-state index contributed by atoms with van der Waals surface area (Å²) in [7, 11) is 1.16. The van der Waals surface area contributed by atoms with E-state index in [9.17, 15) is 32.3 Å². The molecule has 0 unspecified atom stereocenters. The monoisotopic (exact) mass is 825 g/mol. The summed E-state index contributed by atoms with van der Waals surface area (Å²) < 4.78 is 50.8. The summed E-state index contributed by atoms with van der Waals surface area (Å²) in [5.74, 6) is -1.87. The number of nitrogens with zero attached hydrogens (tertiary/aromatic N) is 5. The summed E-state index contributed by atoms with van der Waals surface area (Å²) in [6.07, 6.45) is 3.85. The van der Waals surface area contributed by atoms with E-state index in [-0.39, 0.29) is 42.3 Å². The number of aryl methyl sites for hydroxylation is 1. The second-order valence-electron chi connectivity index (χ2n) is 14.4. The lowest BCUT2D eigenvalue weighted by Gasteiger charge is -2.19. The van der Waals surface area contributed by atoms with E-state index in [2.05, 4.69) is 45.8 Å². The first-order valence-electron chi connectivity index (χ1n) is 18.8. The van der Waals surface area contributed by atoms with Crippen LogP contribution >= 0.6 is 11.6 Å². The number of amides is 2. The van der Waals surface area contributed by atoms with Crippen LogP contribution in [0.1, 0.15) is 73.6 Å². The summed E-state index contributed by atoms with van der Waals surface area (Å²) in [5.41, 5.74) is 0.837. The molecule has 2 aromatic heterocycles. The Bertz CT molecular complexity index is 2110. The number of hydrogen-bond donors (Lipinski definition) is 4. The largest absolute Gasteiger partial charge is 0.467 e. The van der Waals surface area contributed by atoms with Gasteiger partial charge < -0.3 is 35.3 Å². The molecule has 2 aromatic carbocycles. The molecule has 19 heteroatoms. The van der Waals surface area contributed by atoms with Gasteiger partial charge in [-0.1, -0.05) is 30.7 Å². The molecule has 2 aliphatic carbocycles. The fourth-order valence-electron chi connectivity index (χ4n) is 6.48. The lowest BCUT2D eigenvalue weighted by Crippen LogP contribution is -2.44. The fourth-order valence-corrected chi connectivity index (χ4v) is 6.61. The zero-order valence-electron chi connectivity index (χ0n) is 31.8. The van der Waals surface area contributed by atoms with Crippen molar-refractivity contribution in [2.24, 2.45) is 5.41 Å². The Labute approximate surface area is 336 Å². The highest BCUT2D eigenvalue weighted by molar-refractivity contribution is 6.36. The van der Waals surface area contributed by atoms with E-state index in [4.69, 9.17) is 21.1 Å². The number of benzene rings is 2. The average molecular weight is 826 g/mol. The van der Waals surface area contributed by atoms with Crippen LogP contribution in [0.15, 0.2) is 60.9 Å². The molecule has 6 rings (SSSR count). The van der Waals surface area contributed by atoms with Gasteiger partial charge in [0.15, 0.2) is 6.61 Å². The Balaban J connectivity index is 1.02. The number of Topliss-reactive ketones (excluding diaryl/α,β-unsaturated/α-hetero) is 1. The molecular formula is C39H43ClF3N9O6. The van der Waals surface area contributed by atoms with Gasteiger partial charge in [-0.3, -0.25) is 14.4 Å². The molecule has 58 heavy (non-hydrogen) atoms. The van der Waals surface area contributed by atoms with E-state index in [0.717, 1.165) is 44.3 Å². The quantitative estimate of drug-likeness (QED) is 0.0631. The molecule has 2 heterocycles. The highest BCUT2D eigenvalue weighted by Crippen LogP contribution is 2.51. The van der Waals surface area contributed by atoms with Crippen molar-refractivity contribution in [1.29, 1.82) is 0 Å². The van der Waals surface area contributed by atoms with Crippen LogP contribution < -0.4 is 26.0 Å². The summed E-state index contributed by atoms with van der Waals surface area (Å²) in [6.45, 7) is 1.09. The van der Waals surface area contributed by atoms with Crippen molar-refractivity contribution in [3.05, 3.63) is 82.9 Å². The van der Waals surface area contributed by atoms with Crippen molar-refractivity contribution in [2.75, 3.05) is 30.9 Å². The predicted molar refractivity (Wildman–Crippen MR) is 205 cm³/mol. The molecule has 15 nitrogen and oxygen atoms in total. The van der Waals surface area contributed by atoms with Crippen molar-refractivity contribution in [3.63, 3.8) is 0 Å². The third-order valence-corrected chi connectivity index (χ3v) is 10.4. The molecule has 0 radical (unpaired) electrons. The number of halogens is 4. The zero-order valence-corrected chi connectivity index (χ0v) is 32.6. The smallest absolute Gasteiger partial charge is 0.422 e. The molecule has 0 aliphatic heterocycles. The van der Waals surface area contributed by atoms with Crippen molar-refractivity contribution in [2.45, 2.75) is 82.6 Å². The Morgan fingerprint density at radius 3 is 2.31 bits per heavy atom. The number of alkyl halides is 3. The normalized spacial score (nSPS) is 15.4. The van der Waals surface area contributed by atoms with Gasteiger partial charge in [-0.2, -0.15) is 28.1 Å². The summed E-state index contributed by atoms with van der Waals surface area (Å²) in [5, 5.41) is 11.8. The van der Waals surface area contributed by atoms with Crippen LogP contribution in [0.5, 0.6) is 6.01 Å². The Morgan fingerprint density at radius 1 is 0.966 bits per heavy atom. The lowest BCUT2D eigenvalue weighted by molar-refractivity contribution is -0.154. The van der Waals surface area contributed by atoms with Gasteiger partial charge in [-0.25, -0.2) is 9.78 Å². The maximum atomic E-state index is 13.2. The molecule has 4 N–H and O–H groups in total. The van der Waals surface area contributed by atoms with E-state index >= 15 is 0 Å². The summed E-state index contributed by atoms with van der Waals surface area (Å²) >= 11 is 6.04. The highest BCUT2D eigenvalue weighted by Gasteiger charge is 2.45. The molecular weight excluding hydrogens is 783 g/mol. The van der Waals surface area contributed by atoms with Crippen LogP contribution in [-0.4, -0.2) is 80.5 Å². The first-order chi connectivity index (χ1) is 27.7. The van der Waals surface area contributed by atoms with Crippen LogP contribution in [-0.2, 0) is 37.6 Å². The number of methoxy groups -OCH3 is 1. The second kappa shape index (κ2) is 17.8. The van der Waals surface area contributed by atoms with E-state index < -0.39 is 53.9 Å². The molecule has 2 fully saturated rings. The molecule has 0 spiro atoms. The number of hydrogen-bond acceptors (Lipinski definition) is 12. The minimum atomic E-state index is -4.63. The van der Waals surface area contributed by atoms with E-state index in [1.807, 2.05) is 25.3 Å². The minimum absolute atomic E-state index is 0.0220. The Morgan fingerprint density at radius 2 is 1.67 bits per heavy atom. The molecule has 0 bridgehead atoms. The van der Waals surface area contributed by atoms with Crippen molar-refractivity contribution in [1.82, 2.24) is 35.1 Å². The summed E-state index contributed by atoms with van der Waals surface area (Å²) in [4.78, 5) is 67.7. The predicted octanol–water partition coefficient (Wildman–Crippen LogP) is 5.68. The van der Waals surface area contributed by atoms with Gasteiger partial charge in [0.1, 0.15) is 11.9 Å². The van der Waals surface area contributed by atoms with Gasteiger partial charge in [0.25, 0.3) is 11.8 Å². The lowest BCUT2D eigenvalue weighted by atomic mass is 9.98. The van der Waals surface area contributed by atoms with Crippen molar-refractivity contribution in [3.8, 4) is 6.01 Å². The molecule has 1 atom stereocenters. The molecule has 2 amide bonds. The first kappa shape index (κ1) is 41.8. The SMILES string of the molecule is CCc1nccn1CC1(CCC(=O)C(=O)NCC[C@@H](NC(=O)c2ccc(Nc3nc(NC4(c5ccc(Cl)cc5)CC4)nc(OCC(F)(F)F)n3)cc2)C(=O)OC)CC1. The van der Waals surface area contributed by atoms with Crippen LogP contribution in [0.2, 0.25) is 5.02 Å². The van der Waals surface area contributed by atoms with Gasteiger partial charge in [-0.05, 0) is 85.9 Å². The number of imidazole rings is 1. The number of aromatic nitrogens is 5. The number of ether oxygens (including phenoxy) is 2. The standard InChI is InChI=1S/C39H43ClF3N9O6/c1-3-30-44-20-21-52(30)22-37(15-16-37)14-12-29(53)32(55)45-19-13-28(33(56)57-2)47-31(54)24-4-10-27(11-5-24)46-34-48-35(50-36(49-34)58-23-39(41,42)43)51-38(17-18-38)25-6-8-26(40)9-7-25/h4-11,20-21,28H,3,12-19,22-23H2,1-2H3,(H,45,55)(H,47,54)(H2,46,48,49,50,51)/t28-/m1/s1. The van der Waals surface area contributed by atoms with Gasteiger partial charge in [0.2, 0.25) is 17.7 Å². The second-order valence-corrected chi connectivity index (χ2v) is 14.9. The number of rotatable bonds is 20. The van der Waals surface area contributed by atoms with Gasteiger partial charge in [0, 0.05) is 54.6 Å². The van der Waals surface area contributed by atoms with Gasteiger partial charge in [0.05, 0.1) is 12.6 Å². The first-order valence-corrected chi connectivity index (χ1v) is 19.1. The number of anilines is 3. The minimum Gasteiger partial charge on any atom is -0.467 e. The number of carbonyl (C=O) groups excluding carboxylic acids is 4. The van der Waals surface area contributed by atoms with E-state index in [1.54, 1.807) is 18.3 Å². The third kappa shape index (κ3) is 11.2. The molecule has 308 valence electrons. The summed E-state index contributed by atoms with van der Waals surface area (Å²) in [6, 6.07) is 11.3. The van der Waals surface area contributed by atoms with Crippen LogP contribution in [0, 0.1) is 5.41 Å². The maximum absolute atomic E-state index is 13.2. The van der Waals surface area contributed by atoms with Gasteiger partial charge >= 0.3 is 18.2 Å². The molecule has 2 saturated carbocycles. The molecule has 2 aliphatic rings. The zero-order chi connectivity index (χ0) is 41.5. The van der Waals surface area contributed by atoms with Crippen molar-refractivity contribution < 1.29 is 41.8 Å². The Kier molecular flexibility index (Phi) is 12.8. The van der Waals surface area contributed by atoms with E-state index in [0.29, 0.717) is 30.0 Å². The fraction of sp³-hybridized carbons (Fsp3) is 0.436. The number of ketones is 1. The van der Waals surface area contributed by atoms with Crippen LogP contribution in [0.3, 0.4) is 0 Å². The van der Waals surface area contributed by atoms with Gasteiger partial charge in [-0.15, -0.1) is 0 Å². The number of carbonyl (C=O) groups is 4. The van der Waals surface area contributed by atoms with Crippen molar-refractivity contribution >= 4 is 52.8 Å². The number of esters is 1.